The zero-order valence-corrected chi connectivity index (χ0v) is 13.6. The Labute approximate surface area is 144 Å². The molecule has 0 saturated heterocycles. The predicted octanol–water partition coefficient (Wildman–Crippen LogP) is 3.00. The van der Waals surface area contributed by atoms with E-state index in [0.717, 1.165) is 10.8 Å². The Morgan fingerprint density at radius 2 is 1.84 bits per heavy atom. The highest BCUT2D eigenvalue weighted by Gasteiger charge is 2.20. The average molecular weight is 335 g/mol. The van der Waals surface area contributed by atoms with E-state index in [1.54, 1.807) is 12.1 Å². The lowest BCUT2D eigenvalue weighted by Gasteiger charge is -2.14. The van der Waals surface area contributed by atoms with Crippen molar-refractivity contribution < 1.29 is 14.3 Å². The average Bonchev–Trinajstić information content (AvgIpc) is 2.61. The van der Waals surface area contributed by atoms with E-state index in [-0.39, 0.29) is 11.4 Å². The number of rotatable bonds is 4. The van der Waals surface area contributed by atoms with Gasteiger partial charge in [-0.2, -0.15) is 0 Å². The van der Waals surface area contributed by atoms with Crippen molar-refractivity contribution in [2.24, 2.45) is 0 Å². The second-order valence-electron chi connectivity index (χ2n) is 5.53. The van der Waals surface area contributed by atoms with Gasteiger partial charge in [0.05, 0.1) is 0 Å². The minimum atomic E-state index is -0.974. The molecule has 1 amide bonds. The molecule has 0 radical (unpaired) electrons. The fourth-order valence-electron chi connectivity index (χ4n) is 2.38. The normalized spacial score (nSPS) is 11.7. The van der Waals surface area contributed by atoms with Gasteiger partial charge in [0, 0.05) is 11.9 Å². The van der Waals surface area contributed by atoms with Crippen LogP contribution in [0.2, 0.25) is 0 Å². The van der Waals surface area contributed by atoms with Crippen molar-refractivity contribution in [1.29, 1.82) is 0 Å². The minimum Gasteiger partial charge on any atom is -0.449 e. The summed E-state index contributed by atoms with van der Waals surface area (Å²) in [5, 5.41) is 4.83. The Kier molecular flexibility index (Phi) is 4.61. The van der Waals surface area contributed by atoms with Gasteiger partial charge in [0.25, 0.3) is 5.91 Å². The van der Waals surface area contributed by atoms with Crippen LogP contribution < -0.4 is 11.1 Å². The fourth-order valence-corrected chi connectivity index (χ4v) is 2.38. The first kappa shape index (κ1) is 16.4. The van der Waals surface area contributed by atoms with E-state index in [4.69, 9.17) is 10.5 Å². The number of aromatic nitrogens is 1. The smallest absolute Gasteiger partial charge is 0.342 e. The molecule has 0 saturated carbocycles. The number of esters is 1. The van der Waals surface area contributed by atoms with E-state index >= 15 is 0 Å². The number of pyridine rings is 1. The summed E-state index contributed by atoms with van der Waals surface area (Å²) in [7, 11) is 0. The van der Waals surface area contributed by atoms with Crippen LogP contribution in [0.25, 0.3) is 10.8 Å². The first-order chi connectivity index (χ1) is 12.0. The Balaban J connectivity index is 1.67. The van der Waals surface area contributed by atoms with Crippen molar-refractivity contribution in [3.05, 3.63) is 66.4 Å². The van der Waals surface area contributed by atoms with Gasteiger partial charge >= 0.3 is 5.97 Å². The number of anilines is 2. The number of fused-ring (bicyclic) bond motifs is 1. The van der Waals surface area contributed by atoms with Crippen LogP contribution in [-0.4, -0.2) is 23.0 Å². The number of hydrogen-bond acceptors (Lipinski definition) is 5. The third-order valence-electron chi connectivity index (χ3n) is 3.73. The molecule has 0 fully saturated rings. The maximum Gasteiger partial charge on any atom is 0.342 e. The molecule has 6 heteroatoms. The largest absolute Gasteiger partial charge is 0.449 e. The summed E-state index contributed by atoms with van der Waals surface area (Å²) in [5.41, 5.74) is 6.40. The van der Waals surface area contributed by atoms with Gasteiger partial charge in [0.2, 0.25) is 0 Å². The zero-order valence-electron chi connectivity index (χ0n) is 13.6. The maximum atomic E-state index is 12.3. The number of benzene rings is 2. The molecule has 1 aromatic heterocycles. The number of nitrogens with two attached hydrogens (primary N) is 1. The Morgan fingerprint density at radius 1 is 1.08 bits per heavy atom. The first-order valence-corrected chi connectivity index (χ1v) is 7.76. The van der Waals surface area contributed by atoms with E-state index in [1.165, 1.54) is 19.2 Å². The van der Waals surface area contributed by atoms with Crippen molar-refractivity contribution in [2.75, 3.05) is 11.1 Å². The number of nitrogens with zero attached hydrogens (tertiary/aromatic N) is 1. The summed E-state index contributed by atoms with van der Waals surface area (Å²) in [5.74, 6) is -1.05. The molecule has 0 unspecified atom stereocenters. The van der Waals surface area contributed by atoms with Crippen LogP contribution in [0.5, 0.6) is 0 Å². The van der Waals surface area contributed by atoms with Crippen molar-refractivity contribution in [3.8, 4) is 0 Å². The predicted molar refractivity (Wildman–Crippen MR) is 96.1 cm³/mol. The van der Waals surface area contributed by atoms with E-state index in [2.05, 4.69) is 10.3 Å². The van der Waals surface area contributed by atoms with Crippen LogP contribution in [0.3, 0.4) is 0 Å². The lowest BCUT2D eigenvalue weighted by Crippen LogP contribution is -2.30. The molecule has 2 aromatic carbocycles. The summed E-state index contributed by atoms with van der Waals surface area (Å²) in [4.78, 5) is 28.2. The number of carbonyl (C=O) groups is 2. The van der Waals surface area contributed by atoms with Gasteiger partial charge in [-0.15, -0.1) is 0 Å². The lowest BCUT2D eigenvalue weighted by atomic mass is 10.1. The first-order valence-electron chi connectivity index (χ1n) is 7.76. The van der Waals surface area contributed by atoms with E-state index in [9.17, 15) is 9.59 Å². The zero-order chi connectivity index (χ0) is 17.8. The third-order valence-corrected chi connectivity index (χ3v) is 3.73. The minimum absolute atomic E-state index is 0.0645. The number of nitrogen functional groups attached to an aromatic ring is 1. The van der Waals surface area contributed by atoms with Crippen molar-refractivity contribution in [1.82, 2.24) is 4.98 Å². The van der Waals surface area contributed by atoms with E-state index in [0.29, 0.717) is 5.69 Å². The summed E-state index contributed by atoms with van der Waals surface area (Å²) in [6.45, 7) is 1.50. The molecule has 6 nitrogen and oxygen atoms in total. The van der Waals surface area contributed by atoms with Gasteiger partial charge in [-0.25, -0.2) is 9.78 Å². The van der Waals surface area contributed by atoms with Gasteiger partial charge in [-0.05, 0) is 42.0 Å². The molecule has 0 aliphatic rings. The van der Waals surface area contributed by atoms with Crippen LogP contribution in [0.15, 0.2) is 60.8 Å². The molecule has 0 bridgehead atoms. The Morgan fingerprint density at radius 3 is 2.60 bits per heavy atom. The molecule has 1 atom stereocenters. The summed E-state index contributed by atoms with van der Waals surface area (Å²) in [6, 6.07) is 16.5. The lowest BCUT2D eigenvalue weighted by molar-refractivity contribution is -0.123. The number of amides is 1. The molecule has 25 heavy (non-hydrogen) atoms. The Hall–Kier alpha value is -3.41. The van der Waals surface area contributed by atoms with Crippen LogP contribution in [0, 0.1) is 0 Å². The number of nitrogens with one attached hydrogen (secondary N) is 1. The molecule has 126 valence electrons. The van der Waals surface area contributed by atoms with Gasteiger partial charge in [0.1, 0.15) is 11.4 Å². The molecule has 0 aliphatic heterocycles. The quantitative estimate of drug-likeness (QED) is 0.715. The SMILES string of the molecule is C[C@H](OC(=O)c1cccnc1N)C(=O)Nc1ccc2ccccc2c1. The highest BCUT2D eigenvalue weighted by atomic mass is 16.5. The molecular weight excluding hydrogens is 318 g/mol. The molecule has 3 rings (SSSR count). The Bertz CT molecular complexity index is 940. The standard InChI is InChI=1S/C19H17N3O3/c1-12(25-19(24)16-7-4-10-21-17(16)20)18(23)22-15-9-8-13-5-2-3-6-14(13)11-15/h2-12H,1H3,(H2,20,21)(H,22,23)/t12-/m0/s1. The van der Waals surface area contributed by atoms with E-state index in [1.807, 2.05) is 36.4 Å². The number of carbonyl (C=O) groups excluding carboxylic acids is 2. The number of hydrogen-bond donors (Lipinski definition) is 2. The van der Waals surface area contributed by atoms with Gasteiger partial charge in [0.15, 0.2) is 6.10 Å². The highest BCUT2D eigenvalue weighted by molar-refractivity contribution is 6.00. The molecule has 1 heterocycles. The molecule has 3 N–H and O–H groups in total. The molecule has 0 aliphatic carbocycles. The summed E-state index contributed by atoms with van der Waals surface area (Å²) >= 11 is 0. The second kappa shape index (κ2) is 7.00. The van der Waals surface area contributed by atoms with Crippen LogP contribution >= 0.6 is 0 Å². The highest BCUT2D eigenvalue weighted by Crippen LogP contribution is 2.19. The molecular formula is C19H17N3O3. The third kappa shape index (κ3) is 3.74. The van der Waals surface area contributed by atoms with Gasteiger partial charge < -0.3 is 15.8 Å². The number of ether oxygens (including phenoxy) is 1. The van der Waals surface area contributed by atoms with Crippen LogP contribution in [0.4, 0.5) is 11.5 Å². The molecule has 3 aromatic rings. The monoisotopic (exact) mass is 335 g/mol. The van der Waals surface area contributed by atoms with Gasteiger partial charge in [-0.1, -0.05) is 30.3 Å². The maximum absolute atomic E-state index is 12.3. The second-order valence-corrected chi connectivity index (χ2v) is 5.53. The van der Waals surface area contributed by atoms with Crippen molar-refractivity contribution >= 4 is 34.2 Å². The van der Waals surface area contributed by atoms with Gasteiger partial charge in [-0.3, -0.25) is 4.79 Å². The van der Waals surface area contributed by atoms with E-state index < -0.39 is 18.0 Å². The molecule has 0 spiro atoms. The summed E-state index contributed by atoms with van der Waals surface area (Å²) < 4.78 is 5.17. The van der Waals surface area contributed by atoms with Crippen LogP contribution in [0.1, 0.15) is 17.3 Å². The van der Waals surface area contributed by atoms with Crippen molar-refractivity contribution in [3.63, 3.8) is 0 Å². The van der Waals surface area contributed by atoms with Crippen LogP contribution in [-0.2, 0) is 9.53 Å². The fraction of sp³-hybridized carbons (Fsp3) is 0.105. The summed E-state index contributed by atoms with van der Waals surface area (Å²) in [6.07, 6.45) is 0.501. The topological polar surface area (TPSA) is 94.3 Å². The van der Waals surface area contributed by atoms with Crippen molar-refractivity contribution in [2.45, 2.75) is 13.0 Å².